The lowest BCUT2D eigenvalue weighted by molar-refractivity contribution is 0.111. The van der Waals surface area contributed by atoms with Crippen molar-refractivity contribution >= 4 is 22.2 Å². The minimum absolute atomic E-state index is 0.626. The van der Waals surface area contributed by atoms with E-state index in [2.05, 4.69) is 22.9 Å². The Morgan fingerprint density at radius 2 is 2.06 bits per heavy atom. The molecule has 0 unspecified atom stereocenters. The molecule has 0 amide bonds. The van der Waals surface area contributed by atoms with E-state index < -0.39 is 0 Å². The molecule has 3 heteroatoms. The third kappa shape index (κ3) is 4.50. The number of hydrogen-bond acceptors (Lipinski definition) is 2. The van der Waals surface area contributed by atoms with Crippen LogP contribution >= 0.6 is 15.9 Å². The number of halogens is 1. The largest absolute Gasteiger partial charge is 0.493 e. The third-order valence-electron chi connectivity index (χ3n) is 2.67. The molecule has 0 aliphatic carbocycles. The van der Waals surface area contributed by atoms with Crippen LogP contribution in [-0.4, -0.2) is 12.9 Å². The SMILES string of the molecule is CCCCCCOc1cc(Br)c(C)cc1C=O. The molecule has 0 atom stereocenters. The number of aldehydes is 1. The Bertz CT molecular complexity index is 375. The summed E-state index contributed by atoms with van der Waals surface area (Å²) in [6, 6.07) is 3.72. The number of rotatable bonds is 7. The van der Waals surface area contributed by atoms with Gasteiger partial charge in [-0.05, 0) is 31.0 Å². The monoisotopic (exact) mass is 298 g/mol. The first-order valence-electron chi connectivity index (χ1n) is 6.07. The molecule has 0 fully saturated rings. The Kier molecular flexibility index (Phi) is 6.27. The van der Waals surface area contributed by atoms with Crippen LogP contribution in [0.5, 0.6) is 5.75 Å². The zero-order valence-electron chi connectivity index (χ0n) is 10.5. The smallest absolute Gasteiger partial charge is 0.153 e. The maximum atomic E-state index is 10.9. The van der Waals surface area contributed by atoms with Crippen LogP contribution in [0.25, 0.3) is 0 Å². The predicted octanol–water partition coefficient (Wildman–Crippen LogP) is 4.53. The van der Waals surface area contributed by atoms with E-state index >= 15 is 0 Å². The number of hydrogen-bond donors (Lipinski definition) is 0. The third-order valence-corrected chi connectivity index (χ3v) is 3.53. The highest BCUT2D eigenvalue weighted by Crippen LogP contribution is 2.26. The lowest BCUT2D eigenvalue weighted by Crippen LogP contribution is -2.00. The van der Waals surface area contributed by atoms with Crippen molar-refractivity contribution < 1.29 is 9.53 Å². The summed E-state index contributed by atoms with van der Waals surface area (Å²) < 4.78 is 6.63. The van der Waals surface area contributed by atoms with E-state index in [4.69, 9.17) is 4.74 Å². The van der Waals surface area contributed by atoms with E-state index in [-0.39, 0.29) is 0 Å². The predicted molar refractivity (Wildman–Crippen MR) is 73.9 cm³/mol. The van der Waals surface area contributed by atoms with Gasteiger partial charge in [0.15, 0.2) is 6.29 Å². The summed E-state index contributed by atoms with van der Waals surface area (Å²) in [5.74, 6) is 0.675. The molecule has 0 aliphatic rings. The molecule has 0 N–H and O–H groups in total. The quantitative estimate of drug-likeness (QED) is 0.546. The van der Waals surface area contributed by atoms with Gasteiger partial charge in [-0.1, -0.05) is 42.1 Å². The fourth-order valence-electron chi connectivity index (χ4n) is 1.61. The highest BCUT2D eigenvalue weighted by molar-refractivity contribution is 9.10. The van der Waals surface area contributed by atoms with Crippen LogP contribution in [0.3, 0.4) is 0 Å². The molecule has 0 heterocycles. The first-order valence-corrected chi connectivity index (χ1v) is 6.86. The van der Waals surface area contributed by atoms with Gasteiger partial charge in [0.25, 0.3) is 0 Å². The molecular formula is C14H19BrO2. The second-order valence-corrected chi connectivity index (χ2v) is 5.02. The number of benzene rings is 1. The van der Waals surface area contributed by atoms with Crippen LogP contribution in [0.2, 0.25) is 0 Å². The fourth-order valence-corrected chi connectivity index (χ4v) is 1.94. The van der Waals surface area contributed by atoms with Gasteiger partial charge in [0.05, 0.1) is 12.2 Å². The van der Waals surface area contributed by atoms with Crippen molar-refractivity contribution in [3.8, 4) is 5.75 Å². The number of unbranched alkanes of at least 4 members (excludes halogenated alkanes) is 3. The number of aryl methyl sites for hydroxylation is 1. The van der Waals surface area contributed by atoms with E-state index in [1.54, 1.807) is 0 Å². The van der Waals surface area contributed by atoms with Gasteiger partial charge in [0, 0.05) is 4.47 Å². The number of ether oxygens (including phenoxy) is 1. The molecule has 1 rings (SSSR count). The highest BCUT2D eigenvalue weighted by atomic mass is 79.9. The Morgan fingerprint density at radius 3 is 2.71 bits per heavy atom. The second-order valence-electron chi connectivity index (χ2n) is 4.17. The van der Waals surface area contributed by atoms with Gasteiger partial charge in [-0.2, -0.15) is 0 Å². The maximum absolute atomic E-state index is 10.9. The molecule has 17 heavy (non-hydrogen) atoms. The van der Waals surface area contributed by atoms with Crippen LogP contribution in [0.4, 0.5) is 0 Å². The molecule has 0 aliphatic heterocycles. The lowest BCUT2D eigenvalue weighted by atomic mass is 10.1. The molecule has 1 aromatic carbocycles. The zero-order valence-corrected chi connectivity index (χ0v) is 12.0. The first kappa shape index (κ1) is 14.2. The van der Waals surface area contributed by atoms with Gasteiger partial charge in [-0.15, -0.1) is 0 Å². The summed E-state index contributed by atoms with van der Waals surface area (Å²) in [5.41, 5.74) is 1.67. The Hall–Kier alpha value is -0.830. The average molecular weight is 299 g/mol. The van der Waals surface area contributed by atoms with Gasteiger partial charge in [0.1, 0.15) is 5.75 Å². The van der Waals surface area contributed by atoms with Crippen molar-refractivity contribution in [3.63, 3.8) is 0 Å². The van der Waals surface area contributed by atoms with E-state index in [0.29, 0.717) is 17.9 Å². The van der Waals surface area contributed by atoms with Gasteiger partial charge in [0.2, 0.25) is 0 Å². The normalized spacial score (nSPS) is 10.3. The molecule has 0 aromatic heterocycles. The fraction of sp³-hybridized carbons (Fsp3) is 0.500. The van der Waals surface area contributed by atoms with Crippen molar-refractivity contribution in [1.29, 1.82) is 0 Å². The summed E-state index contributed by atoms with van der Waals surface area (Å²) >= 11 is 3.45. The molecule has 2 nitrogen and oxygen atoms in total. The van der Waals surface area contributed by atoms with Crippen molar-refractivity contribution in [2.45, 2.75) is 39.5 Å². The Morgan fingerprint density at radius 1 is 1.29 bits per heavy atom. The lowest BCUT2D eigenvalue weighted by Gasteiger charge is -2.10. The summed E-state index contributed by atoms with van der Waals surface area (Å²) in [6.07, 6.45) is 5.52. The topological polar surface area (TPSA) is 26.3 Å². The zero-order chi connectivity index (χ0) is 12.7. The van der Waals surface area contributed by atoms with Crippen LogP contribution in [-0.2, 0) is 0 Å². The van der Waals surface area contributed by atoms with Crippen molar-refractivity contribution in [2.24, 2.45) is 0 Å². The minimum atomic E-state index is 0.626. The van der Waals surface area contributed by atoms with E-state index in [9.17, 15) is 4.79 Å². The molecule has 0 spiro atoms. The molecule has 0 bridgehead atoms. The van der Waals surface area contributed by atoms with E-state index in [0.717, 1.165) is 22.7 Å². The van der Waals surface area contributed by atoms with Crippen LogP contribution < -0.4 is 4.74 Å². The van der Waals surface area contributed by atoms with Crippen LogP contribution in [0.1, 0.15) is 48.5 Å². The molecule has 0 saturated carbocycles. The van der Waals surface area contributed by atoms with Gasteiger partial charge >= 0.3 is 0 Å². The van der Waals surface area contributed by atoms with Gasteiger partial charge in [-0.3, -0.25) is 4.79 Å². The second kappa shape index (κ2) is 7.49. The highest BCUT2D eigenvalue weighted by Gasteiger charge is 2.06. The Balaban J connectivity index is 2.57. The van der Waals surface area contributed by atoms with Crippen molar-refractivity contribution in [3.05, 3.63) is 27.7 Å². The van der Waals surface area contributed by atoms with Crippen molar-refractivity contribution in [1.82, 2.24) is 0 Å². The minimum Gasteiger partial charge on any atom is -0.493 e. The maximum Gasteiger partial charge on any atom is 0.153 e. The molecule has 94 valence electrons. The summed E-state index contributed by atoms with van der Waals surface area (Å²) in [4.78, 5) is 10.9. The van der Waals surface area contributed by atoms with Gasteiger partial charge in [-0.25, -0.2) is 0 Å². The number of carbonyl (C=O) groups excluding carboxylic acids is 1. The summed E-state index contributed by atoms with van der Waals surface area (Å²) in [5, 5.41) is 0. The number of carbonyl (C=O) groups is 1. The molecule has 1 aromatic rings. The molecule has 0 radical (unpaired) electrons. The average Bonchev–Trinajstić information content (AvgIpc) is 2.33. The van der Waals surface area contributed by atoms with Crippen LogP contribution in [0, 0.1) is 6.92 Å². The summed E-state index contributed by atoms with van der Waals surface area (Å²) in [7, 11) is 0. The van der Waals surface area contributed by atoms with Crippen molar-refractivity contribution in [2.75, 3.05) is 6.61 Å². The Labute approximate surface area is 111 Å². The van der Waals surface area contributed by atoms with E-state index in [1.165, 1.54) is 19.3 Å². The van der Waals surface area contributed by atoms with Gasteiger partial charge < -0.3 is 4.74 Å². The molecular weight excluding hydrogens is 280 g/mol. The van der Waals surface area contributed by atoms with E-state index in [1.807, 2.05) is 19.1 Å². The summed E-state index contributed by atoms with van der Waals surface area (Å²) in [6.45, 7) is 4.82. The first-order chi connectivity index (χ1) is 8.19. The standard InChI is InChI=1S/C14H19BrO2/c1-3-4-5-6-7-17-14-9-13(15)11(2)8-12(14)10-16/h8-10H,3-7H2,1-2H3. The molecule has 0 saturated heterocycles. The van der Waals surface area contributed by atoms with Crippen LogP contribution in [0.15, 0.2) is 16.6 Å².